The summed E-state index contributed by atoms with van der Waals surface area (Å²) in [5, 5.41) is 14.2. The van der Waals surface area contributed by atoms with Crippen molar-refractivity contribution >= 4 is 0 Å². The van der Waals surface area contributed by atoms with Crippen LogP contribution in [0.5, 0.6) is 0 Å². The molecule has 0 saturated carbocycles. The van der Waals surface area contributed by atoms with Crippen molar-refractivity contribution in [3.05, 3.63) is 30.4 Å². The van der Waals surface area contributed by atoms with Crippen LogP contribution in [-0.2, 0) is 20.0 Å². The molecule has 0 aliphatic rings. The molecule has 0 radical (unpaired) electrons. The first-order valence-electron chi connectivity index (χ1n) is 5.73. The Morgan fingerprint density at radius 1 is 1.47 bits per heavy atom. The molecular formula is C11H17N5O. The molecule has 0 saturated heterocycles. The normalized spacial score (nSPS) is 12.9. The predicted octanol–water partition coefficient (Wildman–Crippen LogP) is 0.698. The van der Waals surface area contributed by atoms with E-state index >= 15 is 0 Å². The first kappa shape index (κ1) is 11.8. The summed E-state index contributed by atoms with van der Waals surface area (Å²) < 4.78 is 3.64. The first-order valence-corrected chi connectivity index (χ1v) is 5.73. The van der Waals surface area contributed by atoms with Gasteiger partial charge in [-0.05, 0) is 6.42 Å². The van der Waals surface area contributed by atoms with E-state index in [0.717, 1.165) is 24.5 Å². The van der Waals surface area contributed by atoms with Crippen LogP contribution in [-0.4, -0.2) is 29.4 Å². The van der Waals surface area contributed by atoms with Gasteiger partial charge in [-0.3, -0.25) is 4.68 Å². The molecule has 17 heavy (non-hydrogen) atoms. The number of aryl methyl sites for hydroxylation is 2. The standard InChI is InChI=1S/C11H17N5O/c1-3-4-16-11(13-7-14-16)5-10(17)9-6-12-8-15(9)2/h6-8,10,17H,3-5H2,1-2H3. The number of aliphatic hydroxyl groups excluding tert-OH is 1. The Morgan fingerprint density at radius 3 is 2.94 bits per heavy atom. The number of aromatic nitrogens is 5. The second-order valence-electron chi connectivity index (χ2n) is 4.05. The van der Waals surface area contributed by atoms with Crippen LogP contribution in [0.15, 0.2) is 18.9 Å². The van der Waals surface area contributed by atoms with E-state index in [1.807, 2.05) is 16.3 Å². The number of imidazole rings is 1. The van der Waals surface area contributed by atoms with E-state index in [0.29, 0.717) is 6.42 Å². The van der Waals surface area contributed by atoms with Crippen molar-refractivity contribution in [1.29, 1.82) is 0 Å². The van der Waals surface area contributed by atoms with Crippen LogP contribution in [0.3, 0.4) is 0 Å². The minimum atomic E-state index is -0.595. The third-order valence-electron chi connectivity index (χ3n) is 2.70. The lowest BCUT2D eigenvalue weighted by Gasteiger charge is -2.11. The minimum absolute atomic E-state index is 0.458. The Labute approximate surface area is 99.9 Å². The lowest BCUT2D eigenvalue weighted by Crippen LogP contribution is -2.12. The molecule has 2 aromatic heterocycles. The van der Waals surface area contributed by atoms with Crippen LogP contribution in [0.2, 0.25) is 0 Å². The van der Waals surface area contributed by atoms with Crippen molar-refractivity contribution in [2.75, 3.05) is 0 Å². The maximum absolute atomic E-state index is 10.1. The Bertz CT molecular complexity index is 476. The van der Waals surface area contributed by atoms with E-state index in [2.05, 4.69) is 22.0 Å². The number of nitrogens with zero attached hydrogens (tertiary/aromatic N) is 5. The van der Waals surface area contributed by atoms with Crippen LogP contribution in [0, 0.1) is 0 Å². The smallest absolute Gasteiger partial charge is 0.138 e. The summed E-state index contributed by atoms with van der Waals surface area (Å²) >= 11 is 0. The zero-order valence-corrected chi connectivity index (χ0v) is 10.1. The third kappa shape index (κ3) is 2.52. The van der Waals surface area contributed by atoms with Gasteiger partial charge in [0.2, 0.25) is 0 Å². The molecule has 0 bridgehead atoms. The van der Waals surface area contributed by atoms with Gasteiger partial charge in [0.05, 0.1) is 18.2 Å². The maximum atomic E-state index is 10.1. The fourth-order valence-corrected chi connectivity index (χ4v) is 1.81. The Balaban J connectivity index is 2.10. The van der Waals surface area contributed by atoms with E-state index in [-0.39, 0.29) is 0 Å². The van der Waals surface area contributed by atoms with Gasteiger partial charge in [-0.15, -0.1) is 0 Å². The zero-order valence-electron chi connectivity index (χ0n) is 10.1. The average Bonchev–Trinajstić information content (AvgIpc) is 2.89. The molecule has 92 valence electrons. The van der Waals surface area contributed by atoms with E-state index in [4.69, 9.17) is 0 Å². The molecule has 6 heteroatoms. The second kappa shape index (κ2) is 5.09. The first-order chi connectivity index (χ1) is 8.22. The van der Waals surface area contributed by atoms with Crippen molar-refractivity contribution in [3.63, 3.8) is 0 Å². The average molecular weight is 235 g/mol. The minimum Gasteiger partial charge on any atom is -0.386 e. The van der Waals surface area contributed by atoms with Crippen LogP contribution in [0.1, 0.15) is 31.0 Å². The molecule has 2 aromatic rings. The zero-order chi connectivity index (χ0) is 12.3. The molecule has 0 fully saturated rings. The summed E-state index contributed by atoms with van der Waals surface area (Å²) in [6, 6.07) is 0. The van der Waals surface area contributed by atoms with E-state index < -0.39 is 6.10 Å². The molecule has 0 amide bonds. The Kier molecular flexibility index (Phi) is 3.53. The number of aliphatic hydroxyl groups is 1. The molecule has 0 aliphatic carbocycles. The van der Waals surface area contributed by atoms with Gasteiger partial charge < -0.3 is 9.67 Å². The van der Waals surface area contributed by atoms with Gasteiger partial charge in [0.25, 0.3) is 0 Å². The summed E-state index contributed by atoms with van der Waals surface area (Å²) in [7, 11) is 1.86. The lowest BCUT2D eigenvalue weighted by molar-refractivity contribution is 0.165. The fraction of sp³-hybridized carbons (Fsp3) is 0.545. The van der Waals surface area contributed by atoms with Crippen molar-refractivity contribution in [2.45, 2.75) is 32.4 Å². The highest BCUT2D eigenvalue weighted by molar-refractivity contribution is 5.05. The summed E-state index contributed by atoms with van der Waals surface area (Å²) in [4.78, 5) is 8.17. The van der Waals surface area contributed by atoms with Crippen molar-refractivity contribution in [3.8, 4) is 0 Å². The predicted molar refractivity (Wildman–Crippen MR) is 62.2 cm³/mol. The number of hydrogen-bond donors (Lipinski definition) is 1. The molecule has 6 nitrogen and oxygen atoms in total. The quantitative estimate of drug-likeness (QED) is 0.828. The van der Waals surface area contributed by atoms with Gasteiger partial charge in [0.15, 0.2) is 0 Å². The Hall–Kier alpha value is -1.69. The monoisotopic (exact) mass is 235 g/mol. The Morgan fingerprint density at radius 2 is 2.29 bits per heavy atom. The summed E-state index contributed by atoms with van der Waals surface area (Å²) in [5.74, 6) is 0.806. The largest absolute Gasteiger partial charge is 0.386 e. The highest BCUT2D eigenvalue weighted by Gasteiger charge is 2.15. The molecular weight excluding hydrogens is 218 g/mol. The molecule has 0 aliphatic heterocycles. The van der Waals surface area contributed by atoms with Crippen molar-refractivity contribution in [1.82, 2.24) is 24.3 Å². The third-order valence-corrected chi connectivity index (χ3v) is 2.70. The fourth-order valence-electron chi connectivity index (χ4n) is 1.81. The summed E-state index contributed by atoms with van der Waals surface area (Å²) in [6.07, 6.45) is 5.74. The lowest BCUT2D eigenvalue weighted by atomic mass is 10.2. The number of rotatable bonds is 5. The molecule has 0 spiro atoms. The van der Waals surface area contributed by atoms with Crippen molar-refractivity contribution in [2.24, 2.45) is 7.05 Å². The molecule has 0 aromatic carbocycles. The summed E-state index contributed by atoms with van der Waals surface area (Å²) in [6.45, 7) is 2.91. The highest BCUT2D eigenvalue weighted by Crippen LogP contribution is 2.15. The van der Waals surface area contributed by atoms with E-state index in [9.17, 15) is 5.11 Å². The van der Waals surface area contributed by atoms with Crippen LogP contribution in [0.25, 0.3) is 0 Å². The van der Waals surface area contributed by atoms with E-state index in [1.165, 1.54) is 6.33 Å². The van der Waals surface area contributed by atoms with Crippen LogP contribution in [0.4, 0.5) is 0 Å². The van der Waals surface area contributed by atoms with Gasteiger partial charge in [-0.2, -0.15) is 5.10 Å². The molecule has 1 unspecified atom stereocenters. The van der Waals surface area contributed by atoms with Crippen LogP contribution < -0.4 is 0 Å². The summed E-state index contributed by atoms with van der Waals surface area (Å²) in [5.41, 5.74) is 0.788. The van der Waals surface area contributed by atoms with E-state index in [1.54, 1.807) is 12.5 Å². The number of hydrogen-bond acceptors (Lipinski definition) is 4. The van der Waals surface area contributed by atoms with Crippen molar-refractivity contribution < 1.29 is 5.11 Å². The van der Waals surface area contributed by atoms with Gasteiger partial charge in [0.1, 0.15) is 18.3 Å². The van der Waals surface area contributed by atoms with Gasteiger partial charge in [-0.25, -0.2) is 9.97 Å². The molecule has 1 atom stereocenters. The molecule has 2 rings (SSSR count). The van der Waals surface area contributed by atoms with Gasteiger partial charge in [0, 0.05) is 20.0 Å². The van der Waals surface area contributed by atoms with Gasteiger partial charge >= 0.3 is 0 Å². The second-order valence-corrected chi connectivity index (χ2v) is 4.05. The van der Waals surface area contributed by atoms with Gasteiger partial charge in [-0.1, -0.05) is 6.92 Å². The molecule has 1 N–H and O–H groups in total. The highest BCUT2D eigenvalue weighted by atomic mass is 16.3. The van der Waals surface area contributed by atoms with Crippen LogP contribution >= 0.6 is 0 Å². The molecule has 2 heterocycles. The maximum Gasteiger partial charge on any atom is 0.138 e. The SMILES string of the molecule is CCCn1ncnc1CC(O)c1cncn1C. The topological polar surface area (TPSA) is 68.8 Å².